The summed E-state index contributed by atoms with van der Waals surface area (Å²) < 4.78 is 37.4. The molecule has 0 fully saturated rings. The van der Waals surface area contributed by atoms with Gasteiger partial charge in [0.05, 0.1) is 11.3 Å². The fourth-order valence-electron chi connectivity index (χ4n) is 5.51. The number of alkyl halides is 3. The number of rotatable bonds is 5. The van der Waals surface area contributed by atoms with Crippen molar-refractivity contribution in [1.29, 1.82) is 0 Å². The summed E-state index contributed by atoms with van der Waals surface area (Å²) in [6.45, 7) is 14.7. The number of benzene rings is 3. The summed E-state index contributed by atoms with van der Waals surface area (Å²) in [5.41, 5.74) is 6.96. The van der Waals surface area contributed by atoms with Gasteiger partial charge in [-0.3, -0.25) is 9.78 Å². The molecule has 3 heterocycles. The average molecular weight is 866 g/mol. The fraction of sp³-hybridized carbons (Fsp3) is 0.289. The molecule has 0 aliphatic carbocycles. The van der Waals surface area contributed by atoms with Crippen LogP contribution in [-0.4, -0.2) is 27.0 Å². The molecule has 10 heteroatoms. The van der Waals surface area contributed by atoms with Gasteiger partial charge in [-0.2, -0.15) is 13.2 Å². The smallest absolute Gasteiger partial charge is 0.454 e. The van der Waals surface area contributed by atoms with Gasteiger partial charge in [0.2, 0.25) is 0 Å². The number of halogens is 3. The van der Waals surface area contributed by atoms with Crippen molar-refractivity contribution in [3.63, 3.8) is 0 Å². The van der Waals surface area contributed by atoms with E-state index < -0.39 is 17.7 Å². The number of aliphatic hydroxyl groups excluding tert-OH is 1. The first-order valence-electron chi connectivity index (χ1n) is 15.3. The van der Waals surface area contributed by atoms with Crippen LogP contribution in [0, 0.1) is 25.8 Å². The van der Waals surface area contributed by atoms with Gasteiger partial charge in [-0.15, -0.1) is 51.8 Å². The van der Waals surface area contributed by atoms with Crippen LogP contribution in [0.3, 0.4) is 0 Å². The first-order chi connectivity index (χ1) is 22.1. The Balaban J connectivity index is 0.000000319. The van der Waals surface area contributed by atoms with Crippen LogP contribution in [0.2, 0.25) is 0 Å². The molecule has 0 bridgehead atoms. The Bertz CT molecular complexity index is 2140. The summed E-state index contributed by atoms with van der Waals surface area (Å²) >= 11 is 3.68. The zero-order valence-corrected chi connectivity index (χ0v) is 31.7. The molecule has 6 aromatic rings. The van der Waals surface area contributed by atoms with Crippen molar-refractivity contribution in [2.75, 3.05) is 0 Å². The molecular formula is C38H36F3IrN2O2S2-. The Morgan fingerprint density at radius 1 is 0.938 bits per heavy atom. The standard InChI is InChI=1S/C30H25N2S2.C8H11F3O2.Ir/c1-17-21-11-8-9-13-24(21)33-27(17)28-18(2)25-29(34-28)26(32-16-31-25)20-14-19-10-6-7-12-22(19)23(15-20)30(3,4)5;1-5(2)3-6(12)4-7(13)8(9,10)11;/h6-13,15-16H,1-5H3;4-5,12H,3H2,1-2H3;/q-1;;/b;6-4-;. The number of ketones is 1. The second kappa shape index (κ2) is 14.6. The van der Waals surface area contributed by atoms with E-state index in [2.05, 4.69) is 95.3 Å². The van der Waals surface area contributed by atoms with E-state index in [1.165, 1.54) is 41.9 Å². The number of aromatic nitrogens is 2. The van der Waals surface area contributed by atoms with E-state index >= 15 is 0 Å². The summed E-state index contributed by atoms with van der Waals surface area (Å²) in [5, 5.41) is 12.6. The van der Waals surface area contributed by atoms with Crippen LogP contribution in [0.1, 0.15) is 57.7 Å². The maximum atomic E-state index is 11.6. The van der Waals surface area contributed by atoms with Crippen LogP contribution in [0.15, 0.2) is 72.8 Å². The second-order valence-electron chi connectivity index (χ2n) is 13.0. The maximum absolute atomic E-state index is 11.6. The Hall–Kier alpha value is -3.43. The van der Waals surface area contributed by atoms with Crippen LogP contribution < -0.4 is 0 Å². The molecule has 4 nitrogen and oxygen atoms in total. The topological polar surface area (TPSA) is 63.1 Å². The molecule has 0 saturated carbocycles. The van der Waals surface area contributed by atoms with Gasteiger partial charge in [0.25, 0.3) is 5.78 Å². The predicted molar refractivity (Wildman–Crippen MR) is 189 cm³/mol. The third-order valence-corrected chi connectivity index (χ3v) is 10.5. The minimum atomic E-state index is -4.90. The monoisotopic (exact) mass is 866 g/mol. The minimum Gasteiger partial charge on any atom is -0.512 e. The number of nitrogens with zero attached hydrogens (tertiary/aromatic N) is 2. The summed E-state index contributed by atoms with van der Waals surface area (Å²) in [6, 6.07) is 23.2. The van der Waals surface area contributed by atoms with E-state index in [4.69, 9.17) is 15.1 Å². The molecule has 0 saturated heterocycles. The molecule has 0 aliphatic heterocycles. The number of allylic oxidation sites excluding steroid dienone is 2. The van der Waals surface area contributed by atoms with Crippen molar-refractivity contribution >= 4 is 59.5 Å². The summed E-state index contributed by atoms with van der Waals surface area (Å²) in [4.78, 5) is 22.4. The molecule has 48 heavy (non-hydrogen) atoms. The van der Waals surface area contributed by atoms with Gasteiger partial charge in [-0.05, 0) is 47.8 Å². The minimum absolute atomic E-state index is 0. The van der Waals surface area contributed by atoms with Crippen molar-refractivity contribution in [2.24, 2.45) is 5.92 Å². The molecule has 6 rings (SSSR count). The van der Waals surface area contributed by atoms with Crippen molar-refractivity contribution in [3.8, 4) is 21.0 Å². The van der Waals surface area contributed by atoms with Crippen molar-refractivity contribution in [3.05, 3.63) is 95.5 Å². The van der Waals surface area contributed by atoms with Gasteiger partial charge < -0.3 is 5.11 Å². The van der Waals surface area contributed by atoms with Gasteiger partial charge in [-0.25, -0.2) is 4.98 Å². The number of hydrogen-bond acceptors (Lipinski definition) is 6. The largest absolute Gasteiger partial charge is 0.512 e. The molecule has 253 valence electrons. The summed E-state index contributed by atoms with van der Waals surface area (Å²) in [5.74, 6) is -2.54. The van der Waals surface area contributed by atoms with Crippen LogP contribution in [0.25, 0.3) is 52.1 Å². The molecule has 0 spiro atoms. The van der Waals surface area contributed by atoms with E-state index in [-0.39, 0.29) is 43.9 Å². The third kappa shape index (κ3) is 7.89. The molecule has 0 amide bonds. The number of aryl methyl sites for hydroxylation is 2. The van der Waals surface area contributed by atoms with Gasteiger partial charge in [0.1, 0.15) is 6.33 Å². The van der Waals surface area contributed by atoms with E-state index in [9.17, 15) is 18.0 Å². The van der Waals surface area contributed by atoms with E-state index in [1.807, 2.05) is 22.7 Å². The summed E-state index contributed by atoms with van der Waals surface area (Å²) in [6.07, 6.45) is -2.90. The Morgan fingerprint density at radius 3 is 2.19 bits per heavy atom. The second-order valence-corrected chi connectivity index (χ2v) is 15.1. The van der Waals surface area contributed by atoms with Gasteiger partial charge >= 0.3 is 6.18 Å². The molecule has 0 atom stereocenters. The average Bonchev–Trinajstić information content (AvgIpc) is 3.51. The number of carbonyl (C=O) groups is 1. The van der Waals surface area contributed by atoms with Crippen LogP contribution in [0.4, 0.5) is 13.2 Å². The molecule has 3 aromatic heterocycles. The van der Waals surface area contributed by atoms with E-state index in [0.29, 0.717) is 0 Å². The van der Waals surface area contributed by atoms with E-state index in [0.717, 1.165) is 26.9 Å². The van der Waals surface area contributed by atoms with Crippen LogP contribution >= 0.6 is 22.7 Å². The molecular weight excluding hydrogens is 830 g/mol. The van der Waals surface area contributed by atoms with Gasteiger partial charge in [0, 0.05) is 57.5 Å². The normalized spacial score (nSPS) is 12.4. The molecule has 0 unspecified atom stereocenters. The van der Waals surface area contributed by atoms with Gasteiger partial charge in [-0.1, -0.05) is 82.0 Å². The number of carbonyl (C=O) groups excluding carboxylic acids is 1. The zero-order chi connectivity index (χ0) is 34.3. The Kier molecular flexibility index (Phi) is 11.4. The predicted octanol–water partition coefficient (Wildman–Crippen LogP) is 11.7. The van der Waals surface area contributed by atoms with Crippen LogP contribution in [0.5, 0.6) is 0 Å². The number of aliphatic hydroxyl groups is 1. The Morgan fingerprint density at radius 2 is 1.56 bits per heavy atom. The van der Waals surface area contributed by atoms with Crippen LogP contribution in [-0.2, 0) is 30.3 Å². The Labute approximate surface area is 300 Å². The SMILES string of the molecule is CC(C)C/C(O)=C/C(=O)C(F)(F)F.Cc1c(-c2sc3c(-c4[c-]c5ccccc5c(C(C)(C)C)c4)ncnc3c2C)sc2ccccc12.[Ir]. The third-order valence-electron chi connectivity index (χ3n) is 7.79. The maximum Gasteiger partial charge on any atom is 0.454 e. The molecule has 1 radical (unpaired) electrons. The number of fused-ring (bicyclic) bond motifs is 3. The number of thiophene rings is 2. The van der Waals surface area contributed by atoms with Crippen molar-refractivity contribution in [2.45, 2.75) is 66.5 Å². The fourth-order valence-corrected chi connectivity index (χ4v) is 8.23. The number of hydrogen-bond donors (Lipinski definition) is 1. The molecule has 1 N–H and O–H groups in total. The first-order valence-corrected chi connectivity index (χ1v) is 16.9. The molecule has 0 aliphatic rings. The molecule has 3 aromatic carbocycles. The van der Waals surface area contributed by atoms with Crippen molar-refractivity contribution in [1.82, 2.24) is 9.97 Å². The van der Waals surface area contributed by atoms with Gasteiger partial charge in [0.15, 0.2) is 0 Å². The summed E-state index contributed by atoms with van der Waals surface area (Å²) in [7, 11) is 0. The van der Waals surface area contributed by atoms with E-state index in [1.54, 1.807) is 20.2 Å². The van der Waals surface area contributed by atoms with Crippen molar-refractivity contribution < 1.29 is 43.2 Å². The zero-order valence-electron chi connectivity index (χ0n) is 27.7. The first kappa shape index (κ1) is 37.4. The quantitative estimate of drug-likeness (QED) is 0.107.